The quantitative estimate of drug-likeness (QED) is 0.763. The van der Waals surface area contributed by atoms with Crippen molar-refractivity contribution in [2.24, 2.45) is 5.73 Å². The summed E-state index contributed by atoms with van der Waals surface area (Å²) in [6, 6.07) is 8.98. The van der Waals surface area contributed by atoms with Gasteiger partial charge < -0.3 is 5.73 Å². The lowest BCUT2D eigenvalue weighted by molar-refractivity contribution is 0.242. The first-order valence-electron chi connectivity index (χ1n) is 5.30. The Labute approximate surface area is 85.7 Å². The molecule has 0 radical (unpaired) electrons. The van der Waals surface area contributed by atoms with Gasteiger partial charge in [-0.25, -0.2) is 0 Å². The molecular weight excluding hydrogens is 172 g/mol. The maximum absolute atomic E-state index is 5.80. The molecule has 76 valence electrons. The zero-order valence-electron chi connectivity index (χ0n) is 8.74. The monoisotopic (exact) mass is 190 g/mol. The van der Waals surface area contributed by atoms with E-state index in [1.54, 1.807) is 0 Å². The van der Waals surface area contributed by atoms with Crippen LogP contribution in [0.2, 0.25) is 0 Å². The van der Waals surface area contributed by atoms with Crippen molar-refractivity contribution in [1.29, 1.82) is 0 Å². The van der Waals surface area contributed by atoms with Crippen LogP contribution in [0.4, 0.5) is 0 Å². The van der Waals surface area contributed by atoms with Gasteiger partial charge in [-0.3, -0.25) is 4.90 Å². The van der Waals surface area contributed by atoms with Gasteiger partial charge in [-0.2, -0.15) is 0 Å². The lowest BCUT2D eigenvalue weighted by atomic mass is 10.00. The first-order chi connectivity index (χ1) is 6.75. The Morgan fingerprint density at radius 3 is 2.79 bits per heavy atom. The van der Waals surface area contributed by atoms with E-state index in [2.05, 4.69) is 36.1 Å². The number of hydrogen-bond acceptors (Lipinski definition) is 2. The summed E-state index contributed by atoms with van der Waals surface area (Å²) in [4.78, 5) is 2.44. The van der Waals surface area contributed by atoms with Crippen LogP contribution in [0.15, 0.2) is 24.3 Å². The summed E-state index contributed by atoms with van der Waals surface area (Å²) in [6.07, 6.45) is 1.17. The molecule has 2 N–H and O–H groups in total. The number of benzene rings is 1. The fourth-order valence-electron chi connectivity index (χ4n) is 2.12. The average Bonchev–Trinajstić information content (AvgIpc) is 2.17. The van der Waals surface area contributed by atoms with Gasteiger partial charge in [-0.05, 0) is 24.5 Å². The van der Waals surface area contributed by atoms with E-state index in [1.165, 1.54) is 17.5 Å². The summed E-state index contributed by atoms with van der Waals surface area (Å²) in [7, 11) is 0. The third-order valence-corrected chi connectivity index (χ3v) is 2.76. The Kier molecular flexibility index (Phi) is 2.85. The average molecular weight is 190 g/mol. The van der Waals surface area contributed by atoms with E-state index in [0.29, 0.717) is 0 Å². The van der Waals surface area contributed by atoms with Crippen molar-refractivity contribution in [1.82, 2.24) is 4.90 Å². The van der Waals surface area contributed by atoms with E-state index in [1.807, 2.05) is 0 Å². The minimum atomic E-state index is 0.278. The van der Waals surface area contributed by atoms with Crippen LogP contribution in [0, 0.1) is 0 Å². The van der Waals surface area contributed by atoms with Gasteiger partial charge in [0.2, 0.25) is 0 Å². The zero-order valence-corrected chi connectivity index (χ0v) is 8.74. The Balaban J connectivity index is 2.06. The number of hydrogen-bond donors (Lipinski definition) is 1. The second kappa shape index (κ2) is 4.11. The minimum Gasteiger partial charge on any atom is -0.327 e. The molecule has 2 heteroatoms. The lowest BCUT2D eigenvalue weighted by Crippen LogP contribution is -2.38. The predicted octanol–water partition coefficient (Wildman–Crippen LogP) is 1.39. The maximum atomic E-state index is 5.80. The SMILES string of the molecule is CC(N)CN1CCc2ccccc2C1. The molecule has 1 unspecified atom stereocenters. The molecule has 0 saturated carbocycles. The van der Waals surface area contributed by atoms with Gasteiger partial charge in [-0.1, -0.05) is 24.3 Å². The zero-order chi connectivity index (χ0) is 9.97. The van der Waals surface area contributed by atoms with Crippen LogP contribution in [0.1, 0.15) is 18.1 Å². The molecule has 0 spiro atoms. The third-order valence-electron chi connectivity index (χ3n) is 2.76. The second-order valence-electron chi connectivity index (χ2n) is 4.23. The standard InChI is InChI=1S/C12H18N2/c1-10(13)8-14-7-6-11-4-2-3-5-12(11)9-14/h2-5,10H,6-9,13H2,1H3. The fourth-order valence-corrected chi connectivity index (χ4v) is 2.12. The highest BCUT2D eigenvalue weighted by Crippen LogP contribution is 2.17. The highest BCUT2D eigenvalue weighted by molar-refractivity contribution is 5.29. The molecule has 0 aliphatic carbocycles. The summed E-state index contributed by atoms with van der Waals surface area (Å²) in [6.45, 7) is 5.30. The molecule has 14 heavy (non-hydrogen) atoms. The molecule has 1 atom stereocenters. The summed E-state index contributed by atoms with van der Waals surface area (Å²) in [5.74, 6) is 0. The van der Waals surface area contributed by atoms with Crippen LogP contribution in [-0.2, 0) is 13.0 Å². The van der Waals surface area contributed by atoms with Crippen molar-refractivity contribution in [3.8, 4) is 0 Å². The largest absolute Gasteiger partial charge is 0.327 e. The van der Waals surface area contributed by atoms with Gasteiger partial charge in [0.1, 0.15) is 0 Å². The maximum Gasteiger partial charge on any atom is 0.0237 e. The van der Waals surface area contributed by atoms with E-state index in [9.17, 15) is 0 Å². The molecule has 0 aromatic heterocycles. The van der Waals surface area contributed by atoms with Gasteiger partial charge in [0, 0.05) is 25.7 Å². The molecule has 2 nitrogen and oxygen atoms in total. The van der Waals surface area contributed by atoms with Crippen molar-refractivity contribution in [3.05, 3.63) is 35.4 Å². The molecule has 2 rings (SSSR count). The smallest absolute Gasteiger partial charge is 0.0237 e. The van der Waals surface area contributed by atoms with Crippen molar-refractivity contribution in [3.63, 3.8) is 0 Å². The van der Waals surface area contributed by atoms with E-state index in [-0.39, 0.29) is 6.04 Å². The van der Waals surface area contributed by atoms with Crippen molar-refractivity contribution < 1.29 is 0 Å². The second-order valence-corrected chi connectivity index (χ2v) is 4.23. The van der Waals surface area contributed by atoms with Crippen molar-refractivity contribution in [2.75, 3.05) is 13.1 Å². The van der Waals surface area contributed by atoms with Gasteiger partial charge in [0.05, 0.1) is 0 Å². The molecule has 1 aliphatic rings. The van der Waals surface area contributed by atoms with E-state index in [4.69, 9.17) is 5.73 Å². The summed E-state index contributed by atoms with van der Waals surface area (Å²) in [5.41, 5.74) is 8.78. The van der Waals surface area contributed by atoms with E-state index >= 15 is 0 Å². The normalized spacial score (nSPS) is 19.0. The Morgan fingerprint density at radius 1 is 1.36 bits per heavy atom. The molecule has 0 saturated heterocycles. The minimum absolute atomic E-state index is 0.278. The highest BCUT2D eigenvalue weighted by Gasteiger charge is 2.15. The Hall–Kier alpha value is -0.860. The van der Waals surface area contributed by atoms with Crippen molar-refractivity contribution >= 4 is 0 Å². The third kappa shape index (κ3) is 2.14. The van der Waals surface area contributed by atoms with Crippen LogP contribution >= 0.6 is 0 Å². The number of rotatable bonds is 2. The van der Waals surface area contributed by atoms with Crippen LogP contribution in [-0.4, -0.2) is 24.0 Å². The van der Waals surface area contributed by atoms with Crippen LogP contribution in [0.25, 0.3) is 0 Å². The topological polar surface area (TPSA) is 29.3 Å². The molecule has 1 aliphatic heterocycles. The van der Waals surface area contributed by atoms with Gasteiger partial charge in [-0.15, -0.1) is 0 Å². The summed E-state index contributed by atoms with van der Waals surface area (Å²) in [5, 5.41) is 0. The fraction of sp³-hybridized carbons (Fsp3) is 0.500. The van der Waals surface area contributed by atoms with E-state index < -0.39 is 0 Å². The molecule has 0 bridgehead atoms. The molecule has 0 amide bonds. The summed E-state index contributed by atoms with van der Waals surface area (Å²) >= 11 is 0. The van der Waals surface area contributed by atoms with Gasteiger partial charge in [0.15, 0.2) is 0 Å². The van der Waals surface area contributed by atoms with E-state index in [0.717, 1.165) is 19.6 Å². The number of nitrogens with two attached hydrogens (primary N) is 1. The first kappa shape index (κ1) is 9.69. The summed E-state index contributed by atoms with van der Waals surface area (Å²) < 4.78 is 0. The van der Waals surface area contributed by atoms with Crippen molar-refractivity contribution in [2.45, 2.75) is 25.9 Å². The Morgan fingerprint density at radius 2 is 2.07 bits per heavy atom. The lowest BCUT2D eigenvalue weighted by Gasteiger charge is -2.29. The van der Waals surface area contributed by atoms with Gasteiger partial charge in [0.25, 0.3) is 0 Å². The predicted molar refractivity (Wildman–Crippen MR) is 59.1 cm³/mol. The van der Waals surface area contributed by atoms with Crippen LogP contribution < -0.4 is 5.73 Å². The van der Waals surface area contributed by atoms with Gasteiger partial charge >= 0.3 is 0 Å². The Bertz CT molecular complexity index is 307. The molecule has 0 fully saturated rings. The van der Waals surface area contributed by atoms with Crippen LogP contribution in [0.3, 0.4) is 0 Å². The molecule has 1 aromatic rings. The highest BCUT2D eigenvalue weighted by atomic mass is 15.1. The first-order valence-corrected chi connectivity index (χ1v) is 5.30. The molecular formula is C12H18N2. The number of nitrogens with zero attached hydrogens (tertiary/aromatic N) is 1. The molecule has 1 aromatic carbocycles. The number of fused-ring (bicyclic) bond motifs is 1. The molecule has 1 heterocycles. The van der Waals surface area contributed by atoms with Crippen LogP contribution in [0.5, 0.6) is 0 Å².